The van der Waals surface area contributed by atoms with Crippen LogP contribution < -0.4 is 16.4 Å². The highest BCUT2D eigenvalue weighted by molar-refractivity contribution is 7.18. The molecule has 2 rings (SSSR count). The molecule has 19 heavy (non-hydrogen) atoms. The first kappa shape index (κ1) is 13.6. The molecule has 0 spiro atoms. The van der Waals surface area contributed by atoms with Gasteiger partial charge < -0.3 is 21.3 Å². The SMILES string of the molecule is CNC(=O)C1CCCN1C(=O)c1sc(NC)nc1N. The Hall–Kier alpha value is -1.83. The minimum Gasteiger partial charge on any atom is -0.382 e. The van der Waals surface area contributed by atoms with E-state index in [1.165, 1.54) is 11.3 Å². The molecule has 7 nitrogen and oxygen atoms in total. The molecule has 0 aliphatic carbocycles. The van der Waals surface area contributed by atoms with E-state index in [4.69, 9.17) is 5.73 Å². The summed E-state index contributed by atoms with van der Waals surface area (Å²) in [5.41, 5.74) is 5.75. The molecule has 0 aromatic carbocycles. The Morgan fingerprint density at radius 2 is 2.21 bits per heavy atom. The van der Waals surface area contributed by atoms with Crippen LogP contribution in [-0.2, 0) is 4.79 Å². The highest BCUT2D eigenvalue weighted by Gasteiger charge is 2.35. The van der Waals surface area contributed by atoms with Gasteiger partial charge in [-0.25, -0.2) is 4.98 Å². The molecule has 104 valence electrons. The van der Waals surface area contributed by atoms with E-state index in [9.17, 15) is 9.59 Å². The Kier molecular flexibility index (Phi) is 3.89. The first-order valence-corrected chi connectivity index (χ1v) is 6.86. The molecule has 1 aromatic heterocycles. The van der Waals surface area contributed by atoms with Crippen LogP contribution in [0.3, 0.4) is 0 Å². The fourth-order valence-electron chi connectivity index (χ4n) is 2.17. The highest BCUT2D eigenvalue weighted by atomic mass is 32.1. The standard InChI is InChI=1S/C11H17N5O2S/c1-13-9(17)6-4-3-5-16(6)10(18)7-8(12)15-11(14-2)19-7/h6H,3-5,12H2,1-2H3,(H,13,17)(H,14,15). The summed E-state index contributed by atoms with van der Waals surface area (Å²) in [4.78, 5) is 30.2. The van der Waals surface area contributed by atoms with Crippen molar-refractivity contribution < 1.29 is 9.59 Å². The third kappa shape index (κ3) is 2.48. The number of anilines is 2. The Balaban J connectivity index is 2.22. The number of amides is 2. The number of likely N-dealkylation sites (tertiary alicyclic amines) is 1. The van der Waals surface area contributed by atoms with Crippen molar-refractivity contribution in [3.63, 3.8) is 0 Å². The molecule has 1 unspecified atom stereocenters. The van der Waals surface area contributed by atoms with Crippen molar-refractivity contribution in [2.75, 3.05) is 31.7 Å². The lowest BCUT2D eigenvalue weighted by Gasteiger charge is -2.22. The third-order valence-corrected chi connectivity index (χ3v) is 4.20. The molecule has 0 radical (unpaired) electrons. The molecule has 2 heterocycles. The van der Waals surface area contributed by atoms with Gasteiger partial charge in [0, 0.05) is 20.6 Å². The van der Waals surface area contributed by atoms with Gasteiger partial charge in [-0.2, -0.15) is 0 Å². The lowest BCUT2D eigenvalue weighted by Crippen LogP contribution is -2.44. The van der Waals surface area contributed by atoms with Crippen LogP contribution in [0, 0.1) is 0 Å². The molecule has 0 saturated carbocycles. The maximum absolute atomic E-state index is 12.4. The molecule has 1 fully saturated rings. The number of nitrogens with two attached hydrogens (primary N) is 1. The molecule has 1 aliphatic rings. The molecular formula is C11H17N5O2S. The zero-order chi connectivity index (χ0) is 14.0. The summed E-state index contributed by atoms with van der Waals surface area (Å²) < 4.78 is 0. The number of carbonyl (C=O) groups excluding carboxylic acids is 2. The van der Waals surface area contributed by atoms with Gasteiger partial charge in [-0.05, 0) is 12.8 Å². The number of nitrogen functional groups attached to an aromatic ring is 1. The fraction of sp³-hybridized carbons (Fsp3) is 0.545. The van der Waals surface area contributed by atoms with Crippen LogP contribution in [-0.4, -0.2) is 48.4 Å². The largest absolute Gasteiger partial charge is 0.382 e. The molecule has 1 aliphatic heterocycles. The number of nitrogens with zero attached hydrogens (tertiary/aromatic N) is 2. The number of hydrogen-bond acceptors (Lipinski definition) is 6. The second kappa shape index (κ2) is 5.43. The van der Waals surface area contributed by atoms with Gasteiger partial charge in [-0.1, -0.05) is 11.3 Å². The second-order valence-corrected chi connectivity index (χ2v) is 5.25. The average molecular weight is 283 g/mol. The summed E-state index contributed by atoms with van der Waals surface area (Å²) >= 11 is 1.21. The van der Waals surface area contributed by atoms with Gasteiger partial charge in [0.1, 0.15) is 16.7 Å². The van der Waals surface area contributed by atoms with Crippen LogP contribution in [0.5, 0.6) is 0 Å². The van der Waals surface area contributed by atoms with Gasteiger partial charge in [-0.3, -0.25) is 9.59 Å². The molecule has 8 heteroatoms. The Morgan fingerprint density at radius 3 is 2.79 bits per heavy atom. The summed E-state index contributed by atoms with van der Waals surface area (Å²) in [6.45, 7) is 0.573. The number of aromatic nitrogens is 1. The van der Waals surface area contributed by atoms with Crippen LogP contribution in [0.15, 0.2) is 0 Å². The average Bonchev–Trinajstić information content (AvgIpc) is 3.03. The molecule has 1 aromatic rings. The van der Waals surface area contributed by atoms with Crippen LogP contribution in [0.4, 0.5) is 10.9 Å². The maximum atomic E-state index is 12.4. The number of likely N-dealkylation sites (N-methyl/N-ethyl adjacent to an activating group) is 1. The van der Waals surface area contributed by atoms with Crippen molar-refractivity contribution in [1.82, 2.24) is 15.2 Å². The van der Waals surface area contributed by atoms with Gasteiger partial charge in [0.15, 0.2) is 5.13 Å². The van der Waals surface area contributed by atoms with Gasteiger partial charge in [-0.15, -0.1) is 0 Å². The van der Waals surface area contributed by atoms with E-state index in [1.54, 1.807) is 19.0 Å². The van der Waals surface area contributed by atoms with Crippen molar-refractivity contribution in [2.45, 2.75) is 18.9 Å². The van der Waals surface area contributed by atoms with Gasteiger partial charge in [0.2, 0.25) is 5.91 Å². The zero-order valence-corrected chi connectivity index (χ0v) is 11.7. The number of nitrogens with one attached hydrogen (secondary N) is 2. The molecule has 4 N–H and O–H groups in total. The predicted octanol–water partition coefficient (Wildman–Crippen LogP) is 0.118. The van der Waals surface area contributed by atoms with Crippen molar-refractivity contribution >= 4 is 34.1 Å². The summed E-state index contributed by atoms with van der Waals surface area (Å²) in [6, 6.07) is -0.406. The van der Waals surface area contributed by atoms with E-state index in [-0.39, 0.29) is 17.6 Å². The summed E-state index contributed by atoms with van der Waals surface area (Å²) in [6.07, 6.45) is 1.50. The molecular weight excluding hydrogens is 266 g/mol. The molecule has 1 atom stereocenters. The van der Waals surface area contributed by atoms with Crippen molar-refractivity contribution in [1.29, 1.82) is 0 Å². The third-order valence-electron chi connectivity index (χ3n) is 3.12. The monoisotopic (exact) mass is 283 g/mol. The number of rotatable bonds is 3. The smallest absolute Gasteiger partial charge is 0.268 e. The fourth-order valence-corrected chi connectivity index (χ4v) is 2.97. The van der Waals surface area contributed by atoms with E-state index < -0.39 is 6.04 Å². The van der Waals surface area contributed by atoms with E-state index >= 15 is 0 Å². The van der Waals surface area contributed by atoms with Crippen LogP contribution in [0.25, 0.3) is 0 Å². The summed E-state index contributed by atoms with van der Waals surface area (Å²) in [5, 5.41) is 6.04. The van der Waals surface area contributed by atoms with Crippen LogP contribution in [0.1, 0.15) is 22.5 Å². The Labute approximate surface area is 115 Å². The van der Waals surface area contributed by atoms with Gasteiger partial charge in [0.25, 0.3) is 5.91 Å². The Bertz CT molecular complexity index is 501. The number of thiazole rings is 1. The van der Waals surface area contributed by atoms with E-state index in [2.05, 4.69) is 15.6 Å². The van der Waals surface area contributed by atoms with E-state index in [1.807, 2.05) is 0 Å². The quantitative estimate of drug-likeness (QED) is 0.731. The van der Waals surface area contributed by atoms with Crippen LogP contribution >= 0.6 is 11.3 Å². The number of carbonyl (C=O) groups is 2. The molecule has 0 bridgehead atoms. The van der Waals surface area contributed by atoms with Gasteiger partial charge in [0.05, 0.1) is 0 Å². The molecule has 2 amide bonds. The second-order valence-electron chi connectivity index (χ2n) is 4.25. The minimum atomic E-state index is -0.406. The maximum Gasteiger partial charge on any atom is 0.268 e. The molecule has 1 saturated heterocycles. The van der Waals surface area contributed by atoms with Crippen molar-refractivity contribution in [3.05, 3.63) is 4.88 Å². The van der Waals surface area contributed by atoms with E-state index in [0.717, 1.165) is 6.42 Å². The van der Waals surface area contributed by atoms with Gasteiger partial charge >= 0.3 is 0 Å². The summed E-state index contributed by atoms with van der Waals surface area (Å²) in [7, 11) is 3.29. The highest BCUT2D eigenvalue weighted by Crippen LogP contribution is 2.29. The van der Waals surface area contributed by atoms with Crippen LogP contribution in [0.2, 0.25) is 0 Å². The van der Waals surface area contributed by atoms with Crippen molar-refractivity contribution in [3.8, 4) is 0 Å². The number of hydrogen-bond donors (Lipinski definition) is 3. The van der Waals surface area contributed by atoms with E-state index in [0.29, 0.717) is 23.0 Å². The zero-order valence-electron chi connectivity index (χ0n) is 10.9. The topological polar surface area (TPSA) is 100 Å². The Morgan fingerprint density at radius 1 is 1.47 bits per heavy atom. The first-order chi connectivity index (χ1) is 9.08. The lowest BCUT2D eigenvalue weighted by atomic mass is 10.2. The lowest BCUT2D eigenvalue weighted by molar-refractivity contribution is -0.124. The summed E-state index contributed by atoms with van der Waals surface area (Å²) in [5.74, 6) is -0.146. The minimum absolute atomic E-state index is 0.136. The first-order valence-electron chi connectivity index (χ1n) is 6.05. The normalized spacial score (nSPS) is 18.4. The predicted molar refractivity (Wildman–Crippen MR) is 74.2 cm³/mol. The van der Waals surface area contributed by atoms with Crippen molar-refractivity contribution in [2.24, 2.45) is 0 Å².